The summed E-state index contributed by atoms with van der Waals surface area (Å²) in [7, 11) is 0. The van der Waals surface area contributed by atoms with E-state index in [2.05, 4.69) is 60.4 Å². The van der Waals surface area contributed by atoms with Gasteiger partial charge in [0.05, 0.1) is 0 Å². The predicted molar refractivity (Wildman–Crippen MR) is 103 cm³/mol. The third kappa shape index (κ3) is 4.66. The summed E-state index contributed by atoms with van der Waals surface area (Å²) in [5.41, 5.74) is 4.62. The van der Waals surface area contributed by atoms with Gasteiger partial charge in [0.25, 0.3) is 0 Å². The Balaban J connectivity index is 1.85. The van der Waals surface area contributed by atoms with Crippen molar-refractivity contribution in [3.63, 3.8) is 0 Å². The van der Waals surface area contributed by atoms with Crippen LogP contribution in [0.3, 0.4) is 0 Å². The number of rotatable bonds is 7. The average Bonchev–Trinajstić information content (AvgIpc) is 3.11. The van der Waals surface area contributed by atoms with Crippen LogP contribution in [0.1, 0.15) is 49.6 Å². The number of aromatic nitrogens is 2. The molecule has 0 saturated carbocycles. The van der Waals surface area contributed by atoms with E-state index in [1.807, 2.05) is 24.3 Å². The van der Waals surface area contributed by atoms with Gasteiger partial charge in [-0.25, -0.2) is 0 Å². The summed E-state index contributed by atoms with van der Waals surface area (Å²) in [6.45, 7) is 4.28. The largest absolute Gasteiger partial charge is 0.417 e. The van der Waals surface area contributed by atoms with Gasteiger partial charge in [-0.05, 0) is 43.0 Å². The average molecular weight is 332 g/mol. The Hall–Kier alpha value is -2.68. The van der Waals surface area contributed by atoms with Crippen molar-refractivity contribution in [3.8, 4) is 11.5 Å². The molecule has 3 heteroatoms. The van der Waals surface area contributed by atoms with Crippen molar-refractivity contribution >= 4 is 11.6 Å². The second kappa shape index (κ2) is 8.43. The lowest BCUT2D eigenvalue weighted by Crippen LogP contribution is -1.86. The molecule has 1 aromatic heterocycles. The van der Waals surface area contributed by atoms with Crippen LogP contribution in [0.5, 0.6) is 0 Å². The number of unbranched alkanes of at least 4 members (excludes halogenated alkanes) is 2. The lowest BCUT2D eigenvalue weighted by molar-refractivity contribution is 0.557. The molecule has 0 bridgehead atoms. The molecule has 0 unspecified atom stereocenters. The number of aryl methyl sites for hydroxylation is 1. The summed E-state index contributed by atoms with van der Waals surface area (Å²) >= 11 is 0. The predicted octanol–water partition coefficient (Wildman–Crippen LogP) is 6.17. The highest BCUT2D eigenvalue weighted by atomic mass is 16.4. The van der Waals surface area contributed by atoms with Crippen molar-refractivity contribution < 1.29 is 4.42 Å². The van der Waals surface area contributed by atoms with E-state index in [4.69, 9.17) is 4.42 Å². The minimum Gasteiger partial charge on any atom is -0.417 e. The van der Waals surface area contributed by atoms with Crippen LogP contribution in [-0.4, -0.2) is 10.2 Å². The summed E-state index contributed by atoms with van der Waals surface area (Å²) in [4.78, 5) is 0. The van der Waals surface area contributed by atoms with Crippen LogP contribution in [0.25, 0.3) is 23.1 Å². The van der Waals surface area contributed by atoms with E-state index in [0.717, 1.165) is 18.4 Å². The first-order valence-electron chi connectivity index (χ1n) is 8.93. The van der Waals surface area contributed by atoms with Gasteiger partial charge in [0.15, 0.2) is 0 Å². The fourth-order valence-electron chi connectivity index (χ4n) is 2.77. The van der Waals surface area contributed by atoms with Crippen molar-refractivity contribution in [3.05, 3.63) is 71.6 Å². The Morgan fingerprint density at radius 3 is 2.44 bits per heavy atom. The molecule has 0 aliphatic heterocycles. The summed E-state index contributed by atoms with van der Waals surface area (Å²) in [5, 5.41) is 8.41. The third-order valence-corrected chi connectivity index (χ3v) is 4.23. The quantitative estimate of drug-likeness (QED) is 0.486. The number of hydrogen-bond donors (Lipinski definition) is 0. The summed E-state index contributed by atoms with van der Waals surface area (Å²) in [5.74, 6) is 1.12. The van der Waals surface area contributed by atoms with Gasteiger partial charge in [-0.2, -0.15) is 0 Å². The van der Waals surface area contributed by atoms with Crippen molar-refractivity contribution in [2.24, 2.45) is 0 Å². The Morgan fingerprint density at radius 1 is 0.960 bits per heavy atom. The third-order valence-electron chi connectivity index (χ3n) is 4.23. The molecule has 3 aromatic rings. The van der Waals surface area contributed by atoms with Gasteiger partial charge in [-0.1, -0.05) is 67.8 Å². The molecule has 0 amide bonds. The van der Waals surface area contributed by atoms with Crippen LogP contribution in [0.2, 0.25) is 0 Å². The maximum atomic E-state index is 5.87. The molecule has 0 saturated heterocycles. The van der Waals surface area contributed by atoms with Gasteiger partial charge < -0.3 is 4.42 Å². The zero-order chi connectivity index (χ0) is 17.5. The van der Waals surface area contributed by atoms with Gasteiger partial charge in [0, 0.05) is 11.6 Å². The lowest BCUT2D eigenvalue weighted by atomic mass is 9.99. The van der Waals surface area contributed by atoms with Crippen LogP contribution < -0.4 is 0 Å². The standard InChI is InChI=1S/C22H24N2O/c1-3-4-6-11-20(18-9-7-5-8-10-18)16-21-23-24-22(25-21)19-14-12-17(2)13-15-19/h5,7-10,12-16H,3-4,6,11H2,1-2H3/b20-16-. The lowest BCUT2D eigenvalue weighted by Gasteiger charge is -2.06. The Morgan fingerprint density at radius 2 is 1.72 bits per heavy atom. The highest BCUT2D eigenvalue weighted by molar-refractivity contribution is 5.79. The zero-order valence-corrected chi connectivity index (χ0v) is 14.9. The van der Waals surface area contributed by atoms with Crippen molar-refractivity contribution in [2.75, 3.05) is 0 Å². The normalized spacial score (nSPS) is 11.7. The van der Waals surface area contributed by atoms with Crippen molar-refractivity contribution in [1.82, 2.24) is 10.2 Å². The van der Waals surface area contributed by atoms with Gasteiger partial charge in [0.1, 0.15) is 0 Å². The van der Waals surface area contributed by atoms with E-state index in [-0.39, 0.29) is 0 Å². The van der Waals surface area contributed by atoms with E-state index in [9.17, 15) is 0 Å². The second-order valence-electron chi connectivity index (χ2n) is 6.30. The Labute approximate surface area is 149 Å². The molecule has 128 valence electrons. The molecule has 0 aliphatic carbocycles. The molecule has 0 fully saturated rings. The summed E-state index contributed by atoms with van der Waals surface area (Å²) < 4.78 is 5.87. The minimum atomic E-state index is 0.561. The molecule has 0 radical (unpaired) electrons. The minimum absolute atomic E-state index is 0.561. The first-order chi connectivity index (χ1) is 12.3. The fraction of sp³-hybridized carbons (Fsp3) is 0.273. The Kier molecular flexibility index (Phi) is 5.78. The topological polar surface area (TPSA) is 38.9 Å². The van der Waals surface area contributed by atoms with Crippen LogP contribution in [-0.2, 0) is 0 Å². The maximum Gasteiger partial charge on any atom is 0.248 e. The van der Waals surface area contributed by atoms with Gasteiger partial charge in [-0.15, -0.1) is 10.2 Å². The molecular formula is C22H24N2O. The fourth-order valence-corrected chi connectivity index (χ4v) is 2.77. The number of allylic oxidation sites excluding steroid dienone is 1. The van der Waals surface area contributed by atoms with E-state index in [0.29, 0.717) is 11.8 Å². The zero-order valence-electron chi connectivity index (χ0n) is 14.9. The van der Waals surface area contributed by atoms with E-state index < -0.39 is 0 Å². The molecule has 0 aliphatic rings. The molecule has 25 heavy (non-hydrogen) atoms. The van der Waals surface area contributed by atoms with Crippen LogP contribution in [0.15, 0.2) is 59.0 Å². The maximum absolute atomic E-state index is 5.87. The van der Waals surface area contributed by atoms with Gasteiger partial charge in [0.2, 0.25) is 11.8 Å². The smallest absolute Gasteiger partial charge is 0.248 e. The highest BCUT2D eigenvalue weighted by Gasteiger charge is 2.09. The van der Waals surface area contributed by atoms with Crippen LogP contribution >= 0.6 is 0 Å². The Bertz CT molecular complexity index is 817. The second-order valence-corrected chi connectivity index (χ2v) is 6.30. The summed E-state index contributed by atoms with van der Waals surface area (Å²) in [6.07, 6.45) is 6.63. The van der Waals surface area contributed by atoms with E-state index >= 15 is 0 Å². The molecule has 1 heterocycles. The molecule has 0 atom stereocenters. The molecule has 2 aromatic carbocycles. The number of nitrogens with zero attached hydrogens (tertiary/aromatic N) is 2. The van der Waals surface area contributed by atoms with Crippen molar-refractivity contribution in [1.29, 1.82) is 0 Å². The first-order valence-corrected chi connectivity index (χ1v) is 8.93. The molecular weight excluding hydrogens is 308 g/mol. The summed E-state index contributed by atoms with van der Waals surface area (Å²) in [6, 6.07) is 18.6. The van der Waals surface area contributed by atoms with Gasteiger partial charge in [-0.3, -0.25) is 0 Å². The number of hydrogen-bond acceptors (Lipinski definition) is 3. The SMILES string of the molecule is CCCCC/C(=C/c1nnc(-c2ccc(C)cc2)o1)c1ccccc1. The monoisotopic (exact) mass is 332 g/mol. The van der Waals surface area contributed by atoms with Gasteiger partial charge >= 0.3 is 0 Å². The highest BCUT2D eigenvalue weighted by Crippen LogP contribution is 2.25. The van der Waals surface area contributed by atoms with Crippen molar-refractivity contribution in [2.45, 2.75) is 39.5 Å². The van der Waals surface area contributed by atoms with Crippen LogP contribution in [0.4, 0.5) is 0 Å². The van der Waals surface area contributed by atoms with E-state index in [1.54, 1.807) is 0 Å². The first kappa shape index (κ1) is 17.2. The molecule has 0 spiro atoms. The molecule has 3 nitrogen and oxygen atoms in total. The van der Waals surface area contributed by atoms with E-state index in [1.165, 1.54) is 29.5 Å². The van der Waals surface area contributed by atoms with Crippen LogP contribution in [0, 0.1) is 6.92 Å². The number of benzene rings is 2. The molecule has 3 rings (SSSR count). The molecule has 0 N–H and O–H groups in total.